The number of anilines is 1. The monoisotopic (exact) mass is 322 g/mol. The number of nitrogens with zero attached hydrogens (tertiary/aromatic N) is 1. The largest absolute Gasteiger partial charge is 0.475 e. The molecule has 0 radical (unpaired) electrons. The van der Waals surface area contributed by atoms with Gasteiger partial charge in [-0.25, -0.2) is 4.98 Å². The minimum absolute atomic E-state index is 0.117. The summed E-state index contributed by atoms with van der Waals surface area (Å²) in [5, 5.41) is 2.89. The first-order valence-electron chi connectivity index (χ1n) is 8.22. The van der Waals surface area contributed by atoms with Crippen LogP contribution in [0, 0.1) is 5.92 Å². The quantitative estimate of drug-likeness (QED) is 0.671. The fraction of sp³-hybridized carbons (Fsp3) is 0.647. The van der Waals surface area contributed by atoms with Gasteiger partial charge >= 0.3 is 0 Å². The van der Waals surface area contributed by atoms with Crippen LogP contribution in [-0.2, 0) is 14.3 Å². The number of pyridine rings is 1. The van der Waals surface area contributed by atoms with Gasteiger partial charge in [-0.2, -0.15) is 0 Å². The average Bonchev–Trinajstić information content (AvgIpc) is 3.38. The molecule has 0 spiro atoms. The summed E-state index contributed by atoms with van der Waals surface area (Å²) in [7, 11) is 0. The summed E-state index contributed by atoms with van der Waals surface area (Å²) >= 11 is 0. The molecule has 1 aromatic heterocycles. The summed E-state index contributed by atoms with van der Waals surface area (Å²) in [6, 6.07) is 3.51. The number of hydrogen-bond acceptors (Lipinski definition) is 5. The second-order valence-electron chi connectivity index (χ2n) is 5.70. The predicted molar refractivity (Wildman–Crippen MR) is 87.6 cm³/mol. The SMILES string of the molecule is CCOCCOc1ccc(NC(=O)C(C)(OCC)C2CC2)cn1. The van der Waals surface area contributed by atoms with Crippen molar-refractivity contribution in [2.75, 3.05) is 31.7 Å². The number of ether oxygens (including phenoxy) is 3. The maximum absolute atomic E-state index is 12.5. The molecule has 1 saturated carbocycles. The lowest BCUT2D eigenvalue weighted by Gasteiger charge is -2.28. The number of hydrogen-bond donors (Lipinski definition) is 1. The third-order valence-corrected chi connectivity index (χ3v) is 3.93. The lowest BCUT2D eigenvalue weighted by molar-refractivity contribution is -0.141. The van der Waals surface area contributed by atoms with Crippen molar-refractivity contribution >= 4 is 11.6 Å². The molecule has 128 valence electrons. The highest BCUT2D eigenvalue weighted by atomic mass is 16.5. The molecule has 1 heterocycles. The van der Waals surface area contributed by atoms with E-state index >= 15 is 0 Å². The van der Waals surface area contributed by atoms with Crippen molar-refractivity contribution < 1.29 is 19.0 Å². The Kier molecular flexibility index (Phi) is 6.36. The van der Waals surface area contributed by atoms with Crippen molar-refractivity contribution in [3.05, 3.63) is 18.3 Å². The highest BCUT2D eigenvalue weighted by Gasteiger charge is 2.48. The lowest BCUT2D eigenvalue weighted by atomic mass is 9.99. The van der Waals surface area contributed by atoms with Gasteiger partial charge in [-0.05, 0) is 45.6 Å². The van der Waals surface area contributed by atoms with Crippen LogP contribution in [0.4, 0.5) is 5.69 Å². The van der Waals surface area contributed by atoms with Gasteiger partial charge in [0.25, 0.3) is 5.91 Å². The molecule has 2 rings (SSSR count). The van der Waals surface area contributed by atoms with E-state index in [4.69, 9.17) is 14.2 Å². The van der Waals surface area contributed by atoms with Crippen molar-refractivity contribution in [3.63, 3.8) is 0 Å². The van der Waals surface area contributed by atoms with Gasteiger partial charge < -0.3 is 19.5 Å². The lowest BCUT2D eigenvalue weighted by Crippen LogP contribution is -2.44. The van der Waals surface area contributed by atoms with E-state index in [-0.39, 0.29) is 5.91 Å². The molecule has 0 saturated heterocycles. The first-order valence-corrected chi connectivity index (χ1v) is 8.22. The number of amides is 1. The molecular weight excluding hydrogens is 296 g/mol. The Balaban J connectivity index is 1.88. The van der Waals surface area contributed by atoms with E-state index in [0.717, 1.165) is 12.8 Å². The summed E-state index contributed by atoms with van der Waals surface area (Å²) in [6.07, 6.45) is 3.66. The molecule has 6 heteroatoms. The molecular formula is C17H26N2O4. The van der Waals surface area contributed by atoms with Gasteiger partial charge in [-0.15, -0.1) is 0 Å². The van der Waals surface area contributed by atoms with Crippen LogP contribution in [0.15, 0.2) is 18.3 Å². The fourth-order valence-electron chi connectivity index (χ4n) is 2.45. The van der Waals surface area contributed by atoms with Gasteiger partial charge in [0, 0.05) is 19.3 Å². The molecule has 1 aliphatic carbocycles. The second-order valence-corrected chi connectivity index (χ2v) is 5.70. The molecule has 1 fully saturated rings. The molecule has 1 aliphatic rings. The minimum atomic E-state index is -0.762. The van der Waals surface area contributed by atoms with Crippen molar-refractivity contribution in [1.82, 2.24) is 4.98 Å². The zero-order valence-electron chi connectivity index (χ0n) is 14.1. The standard InChI is InChI=1S/C17H26N2O4/c1-4-21-10-11-22-15-9-8-14(12-18-15)19-16(20)17(3,23-5-2)13-6-7-13/h8-9,12-13H,4-7,10-11H2,1-3H3,(H,19,20). The van der Waals surface area contributed by atoms with Gasteiger partial charge in [-0.1, -0.05) is 0 Å². The van der Waals surface area contributed by atoms with Crippen LogP contribution in [0.3, 0.4) is 0 Å². The Bertz CT molecular complexity index is 502. The molecule has 1 N–H and O–H groups in total. The number of nitrogens with one attached hydrogen (secondary N) is 1. The molecule has 1 amide bonds. The van der Waals surface area contributed by atoms with Crippen LogP contribution in [0.2, 0.25) is 0 Å². The van der Waals surface area contributed by atoms with E-state index in [1.54, 1.807) is 18.3 Å². The highest BCUT2D eigenvalue weighted by Crippen LogP contribution is 2.42. The first-order chi connectivity index (χ1) is 11.1. The van der Waals surface area contributed by atoms with E-state index in [9.17, 15) is 4.79 Å². The molecule has 0 bridgehead atoms. The molecule has 6 nitrogen and oxygen atoms in total. The van der Waals surface area contributed by atoms with Gasteiger partial charge in [-0.3, -0.25) is 4.79 Å². The Labute approximate surface area is 137 Å². The van der Waals surface area contributed by atoms with Gasteiger partial charge in [0.05, 0.1) is 18.5 Å². The predicted octanol–water partition coefficient (Wildman–Crippen LogP) is 2.64. The Morgan fingerprint density at radius 1 is 1.30 bits per heavy atom. The third-order valence-electron chi connectivity index (χ3n) is 3.93. The van der Waals surface area contributed by atoms with Crippen molar-refractivity contribution in [1.29, 1.82) is 0 Å². The zero-order chi connectivity index (χ0) is 16.7. The smallest absolute Gasteiger partial charge is 0.256 e. The number of aromatic nitrogens is 1. The van der Waals surface area contributed by atoms with Crippen molar-refractivity contribution in [2.45, 2.75) is 39.2 Å². The van der Waals surface area contributed by atoms with E-state index in [2.05, 4.69) is 10.3 Å². The summed E-state index contributed by atoms with van der Waals surface area (Å²) < 4.78 is 16.4. The third kappa shape index (κ3) is 4.91. The summed E-state index contributed by atoms with van der Waals surface area (Å²) in [4.78, 5) is 16.7. The topological polar surface area (TPSA) is 69.7 Å². The van der Waals surface area contributed by atoms with E-state index in [1.807, 2.05) is 20.8 Å². The van der Waals surface area contributed by atoms with Gasteiger partial charge in [0.15, 0.2) is 0 Å². The molecule has 1 unspecified atom stereocenters. The maximum Gasteiger partial charge on any atom is 0.256 e. The molecule has 1 aromatic rings. The van der Waals surface area contributed by atoms with E-state index in [1.165, 1.54) is 0 Å². The van der Waals surface area contributed by atoms with Crippen LogP contribution in [-0.4, -0.2) is 42.9 Å². The van der Waals surface area contributed by atoms with Crippen molar-refractivity contribution in [3.8, 4) is 5.88 Å². The Morgan fingerprint density at radius 2 is 2.09 bits per heavy atom. The maximum atomic E-state index is 12.5. The summed E-state index contributed by atoms with van der Waals surface area (Å²) in [5.41, 5.74) is -0.125. The average molecular weight is 322 g/mol. The second kappa shape index (κ2) is 8.26. The van der Waals surface area contributed by atoms with Gasteiger partial charge in [0.1, 0.15) is 12.2 Å². The Hall–Kier alpha value is -1.66. The summed E-state index contributed by atoms with van der Waals surface area (Å²) in [6.45, 7) is 7.88. The molecule has 0 aromatic carbocycles. The van der Waals surface area contributed by atoms with Crippen LogP contribution < -0.4 is 10.1 Å². The van der Waals surface area contributed by atoms with E-state index < -0.39 is 5.60 Å². The number of carbonyl (C=O) groups excluding carboxylic acids is 1. The minimum Gasteiger partial charge on any atom is -0.475 e. The van der Waals surface area contributed by atoms with Crippen LogP contribution >= 0.6 is 0 Å². The first kappa shape index (κ1) is 17.7. The summed E-state index contributed by atoms with van der Waals surface area (Å²) in [5.74, 6) is 0.697. The van der Waals surface area contributed by atoms with Crippen LogP contribution in [0.1, 0.15) is 33.6 Å². The van der Waals surface area contributed by atoms with E-state index in [0.29, 0.717) is 43.9 Å². The number of carbonyl (C=O) groups is 1. The number of rotatable bonds is 10. The molecule has 23 heavy (non-hydrogen) atoms. The van der Waals surface area contributed by atoms with Gasteiger partial charge in [0.2, 0.25) is 5.88 Å². The van der Waals surface area contributed by atoms with Crippen LogP contribution in [0.5, 0.6) is 5.88 Å². The molecule has 0 aliphatic heterocycles. The highest BCUT2D eigenvalue weighted by molar-refractivity contribution is 5.97. The molecule has 1 atom stereocenters. The Morgan fingerprint density at radius 3 is 2.65 bits per heavy atom. The van der Waals surface area contributed by atoms with Crippen LogP contribution in [0.25, 0.3) is 0 Å². The zero-order valence-corrected chi connectivity index (χ0v) is 14.1. The van der Waals surface area contributed by atoms with Crippen molar-refractivity contribution in [2.24, 2.45) is 5.92 Å². The fourth-order valence-corrected chi connectivity index (χ4v) is 2.45. The normalized spacial score (nSPS) is 16.7.